The fourth-order valence-corrected chi connectivity index (χ4v) is 0.398. The predicted molar refractivity (Wildman–Crippen MR) is 35.3 cm³/mol. The van der Waals surface area contributed by atoms with Crippen molar-refractivity contribution in [3.8, 4) is 0 Å². The molecule has 10 heavy (non-hydrogen) atoms. The summed E-state index contributed by atoms with van der Waals surface area (Å²) in [5.74, 6) is -1.03. The molecule has 0 aromatic heterocycles. The summed E-state index contributed by atoms with van der Waals surface area (Å²) in [7, 11) is 0. The van der Waals surface area contributed by atoms with Crippen LogP contribution < -0.4 is 5.73 Å². The second kappa shape index (κ2) is 4.00. The van der Waals surface area contributed by atoms with E-state index in [1.54, 1.807) is 6.92 Å². The van der Waals surface area contributed by atoms with Crippen LogP contribution in [0.1, 0.15) is 13.8 Å². The molecule has 0 aromatic rings. The van der Waals surface area contributed by atoms with Crippen LogP contribution in [0, 0.1) is 0 Å². The van der Waals surface area contributed by atoms with E-state index in [-0.39, 0.29) is 12.4 Å². The summed E-state index contributed by atoms with van der Waals surface area (Å²) in [4.78, 5) is 21.1. The SMILES string of the molecule is CCOC(=O)[C@@H](N)C(C)=O. The highest BCUT2D eigenvalue weighted by molar-refractivity contribution is 6.01. The van der Waals surface area contributed by atoms with Gasteiger partial charge in [-0.3, -0.25) is 4.79 Å². The number of Topliss-reactive ketones (excluding diaryl/α,β-unsaturated/α-hetero) is 1. The number of ketones is 1. The minimum absolute atomic E-state index is 0.250. The van der Waals surface area contributed by atoms with Crippen molar-refractivity contribution in [3.63, 3.8) is 0 Å². The van der Waals surface area contributed by atoms with Crippen LogP contribution in [0.15, 0.2) is 0 Å². The van der Waals surface area contributed by atoms with Crippen LogP contribution in [0.4, 0.5) is 0 Å². The molecule has 0 radical (unpaired) electrons. The minimum atomic E-state index is -1.11. The first-order valence-corrected chi connectivity index (χ1v) is 3.02. The van der Waals surface area contributed by atoms with Crippen LogP contribution in [-0.2, 0) is 14.3 Å². The molecule has 0 aromatic carbocycles. The summed E-state index contributed by atoms with van der Waals surface area (Å²) < 4.78 is 4.48. The van der Waals surface area contributed by atoms with Gasteiger partial charge in [0.05, 0.1) is 6.61 Å². The Morgan fingerprint density at radius 2 is 2.10 bits per heavy atom. The Balaban J connectivity index is 3.82. The number of carbonyl (C=O) groups is 2. The second-order valence-electron chi connectivity index (χ2n) is 1.84. The molecule has 0 unspecified atom stereocenters. The average Bonchev–Trinajstić information content (AvgIpc) is 1.87. The van der Waals surface area contributed by atoms with E-state index in [1.807, 2.05) is 0 Å². The van der Waals surface area contributed by atoms with Crippen molar-refractivity contribution in [3.05, 3.63) is 0 Å². The highest BCUT2D eigenvalue weighted by Gasteiger charge is 2.18. The monoisotopic (exact) mass is 145 g/mol. The van der Waals surface area contributed by atoms with Gasteiger partial charge in [0, 0.05) is 0 Å². The highest BCUT2D eigenvalue weighted by Crippen LogP contribution is 1.86. The molecule has 0 amide bonds. The number of nitrogens with two attached hydrogens (primary N) is 1. The van der Waals surface area contributed by atoms with Gasteiger partial charge >= 0.3 is 5.97 Å². The lowest BCUT2D eigenvalue weighted by molar-refractivity contribution is -0.147. The molecule has 0 aliphatic carbocycles. The zero-order valence-electron chi connectivity index (χ0n) is 6.09. The fourth-order valence-electron chi connectivity index (χ4n) is 0.398. The Bertz CT molecular complexity index is 144. The van der Waals surface area contributed by atoms with Gasteiger partial charge in [-0.25, -0.2) is 4.79 Å². The van der Waals surface area contributed by atoms with Gasteiger partial charge in [-0.05, 0) is 13.8 Å². The number of ether oxygens (including phenoxy) is 1. The maximum absolute atomic E-state index is 10.6. The first-order chi connectivity index (χ1) is 4.59. The lowest BCUT2D eigenvalue weighted by Gasteiger charge is -2.05. The van der Waals surface area contributed by atoms with Crippen molar-refractivity contribution in [2.45, 2.75) is 19.9 Å². The van der Waals surface area contributed by atoms with Gasteiger partial charge in [-0.15, -0.1) is 0 Å². The van der Waals surface area contributed by atoms with E-state index in [1.165, 1.54) is 6.92 Å². The third-order valence-electron chi connectivity index (χ3n) is 0.979. The van der Waals surface area contributed by atoms with Crippen LogP contribution in [0.25, 0.3) is 0 Å². The van der Waals surface area contributed by atoms with Crippen molar-refractivity contribution in [2.75, 3.05) is 6.61 Å². The lowest BCUT2D eigenvalue weighted by atomic mass is 10.2. The summed E-state index contributed by atoms with van der Waals surface area (Å²) in [5, 5.41) is 0. The molecule has 0 aliphatic heterocycles. The maximum atomic E-state index is 10.6. The van der Waals surface area contributed by atoms with Crippen molar-refractivity contribution in [2.24, 2.45) is 5.73 Å². The summed E-state index contributed by atoms with van der Waals surface area (Å²) in [5.41, 5.74) is 5.12. The van der Waals surface area contributed by atoms with Gasteiger partial charge in [0.2, 0.25) is 0 Å². The number of rotatable bonds is 3. The molecule has 58 valence electrons. The Hall–Kier alpha value is -0.900. The Kier molecular flexibility index (Phi) is 3.64. The molecule has 4 nitrogen and oxygen atoms in total. The van der Waals surface area contributed by atoms with Gasteiger partial charge in [-0.2, -0.15) is 0 Å². The topological polar surface area (TPSA) is 69.4 Å². The molecule has 0 spiro atoms. The molecule has 0 bridgehead atoms. The van der Waals surface area contributed by atoms with Crippen molar-refractivity contribution < 1.29 is 14.3 Å². The van der Waals surface area contributed by atoms with E-state index in [4.69, 9.17) is 5.73 Å². The third kappa shape index (κ3) is 2.59. The Labute approximate surface area is 59.3 Å². The van der Waals surface area contributed by atoms with E-state index in [9.17, 15) is 9.59 Å². The number of esters is 1. The van der Waals surface area contributed by atoms with Crippen molar-refractivity contribution in [1.82, 2.24) is 0 Å². The van der Waals surface area contributed by atoms with Crippen LogP contribution in [0.5, 0.6) is 0 Å². The number of carbonyl (C=O) groups excluding carboxylic acids is 2. The summed E-state index contributed by atoms with van der Waals surface area (Å²) in [6.07, 6.45) is 0. The molecule has 4 heteroatoms. The first-order valence-electron chi connectivity index (χ1n) is 3.02. The zero-order valence-corrected chi connectivity index (χ0v) is 6.09. The Morgan fingerprint density at radius 3 is 2.40 bits per heavy atom. The fraction of sp³-hybridized carbons (Fsp3) is 0.667. The quantitative estimate of drug-likeness (QED) is 0.428. The van der Waals surface area contributed by atoms with E-state index in [0.29, 0.717) is 0 Å². The summed E-state index contributed by atoms with van der Waals surface area (Å²) in [6, 6.07) is -1.11. The second-order valence-corrected chi connectivity index (χ2v) is 1.84. The van der Waals surface area contributed by atoms with Crippen molar-refractivity contribution in [1.29, 1.82) is 0 Å². The van der Waals surface area contributed by atoms with Crippen LogP contribution in [0.2, 0.25) is 0 Å². The largest absolute Gasteiger partial charge is 0.464 e. The molecule has 0 aliphatic rings. The summed E-state index contributed by atoms with van der Waals surface area (Å²) in [6.45, 7) is 3.16. The van der Waals surface area contributed by atoms with Gasteiger partial charge in [-0.1, -0.05) is 0 Å². The molecule has 0 saturated heterocycles. The molecular weight excluding hydrogens is 134 g/mol. The van der Waals surface area contributed by atoms with Crippen LogP contribution in [0.3, 0.4) is 0 Å². The smallest absolute Gasteiger partial charge is 0.330 e. The van der Waals surface area contributed by atoms with Gasteiger partial charge in [0.15, 0.2) is 11.8 Å². The molecule has 1 atom stereocenters. The van der Waals surface area contributed by atoms with Crippen LogP contribution in [-0.4, -0.2) is 24.4 Å². The van der Waals surface area contributed by atoms with E-state index in [0.717, 1.165) is 0 Å². The normalized spacial score (nSPS) is 12.3. The van der Waals surface area contributed by atoms with Gasteiger partial charge in [0.1, 0.15) is 0 Å². The summed E-state index contributed by atoms with van der Waals surface area (Å²) >= 11 is 0. The highest BCUT2D eigenvalue weighted by atomic mass is 16.5. The minimum Gasteiger partial charge on any atom is -0.464 e. The molecule has 0 fully saturated rings. The standard InChI is InChI=1S/C6H11NO3/c1-3-10-6(9)5(7)4(2)8/h5H,3,7H2,1-2H3/t5-/m0/s1. The number of hydrogen-bond acceptors (Lipinski definition) is 4. The lowest BCUT2D eigenvalue weighted by Crippen LogP contribution is -2.38. The first kappa shape index (κ1) is 9.10. The molecule has 2 N–H and O–H groups in total. The van der Waals surface area contributed by atoms with E-state index in [2.05, 4.69) is 4.74 Å². The van der Waals surface area contributed by atoms with Gasteiger partial charge < -0.3 is 10.5 Å². The number of hydrogen-bond donors (Lipinski definition) is 1. The molecule has 0 rings (SSSR count). The molecule has 0 saturated carbocycles. The molecular formula is C6H11NO3. The van der Waals surface area contributed by atoms with Gasteiger partial charge in [0.25, 0.3) is 0 Å². The van der Waals surface area contributed by atoms with E-state index >= 15 is 0 Å². The average molecular weight is 145 g/mol. The van der Waals surface area contributed by atoms with E-state index < -0.39 is 12.0 Å². The van der Waals surface area contributed by atoms with Crippen LogP contribution >= 0.6 is 0 Å². The predicted octanol–water partition coefficient (Wildman–Crippen LogP) is -0.534. The Morgan fingerprint density at radius 1 is 1.60 bits per heavy atom. The maximum Gasteiger partial charge on any atom is 0.330 e. The van der Waals surface area contributed by atoms with Crippen molar-refractivity contribution >= 4 is 11.8 Å². The zero-order chi connectivity index (χ0) is 8.15. The molecule has 0 heterocycles. The third-order valence-corrected chi connectivity index (χ3v) is 0.979.